The number of aromatic nitrogens is 2. The topological polar surface area (TPSA) is 76.0 Å². The maximum Gasteiger partial charge on any atom is 0.420 e. The Bertz CT molecular complexity index is 952. The Hall–Kier alpha value is -2.76. The minimum atomic E-state index is -4.84. The van der Waals surface area contributed by atoms with E-state index in [0.717, 1.165) is 30.8 Å². The van der Waals surface area contributed by atoms with Gasteiger partial charge in [0.05, 0.1) is 16.3 Å². The Labute approximate surface area is 164 Å². The lowest BCUT2D eigenvalue weighted by atomic mass is 10.1. The molecule has 13 heteroatoms. The van der Waals surface area contributed by atoms with Crippen LogP contribution in [0, 0.1) is 6.92 Å². The molecule has 29 heavy (non-hydrogen) atoms. The molecule has 0 saturated heterocycles. The lowest BCUT2D eigenvalue weighted by Gasteiger charge is -2.13. The Morgan fingerprint density at radius 2 is 1.76 bits per heavy atom. The van der Waals surface area contributed by atoms with E-state index in [9.17, 15) is 35.9 Å². The Kier molecular flexibility index (Phi) is 6.16. The summed E-state index contributed by atoms with van der Waals surface area (Å²) in [7, 11) is 1.15. The third-order valence-electron chi connectivity index (χ3n) is 3.64. The molecule has 0 unspecified atom stereocenters. The normalized spacial score (nSPS) is 12.0. The number of amides is 2. The molecule has 2 N–H and O–H groups in total. The summed E-state index contributed by atoms with van der Waals surface area (Å²) < 4.78 is 77.2. The maximum atomic E-state index is 13.2. The Morgan fingerprint density at radius 3 is 2.31 bits per heavy atom. The number of nitrogens with one attached hydrogen (secondary N) is 2. The number of alkyl halides is 6. The molecule has 2 aromatic rings. The molecule has 0 spiro atoms. The standard InChI is InChI=1S/C16H13ClF6N4O2/c1-7-11(16(21,22)23)12(27(2)26-7)14(29)25-8-3-4-10(17)9(5-8)13(28)24-6-15(18,19)20/h3-5H,6H2,1-2H3,(H,24,28)(H,25,29). The molecule has 158 valence electrons. The van der Waals surface area contributed by atoms with Crippen LogP contribution in [0.4, 0.5) is 32.0 Å². The second-order valence-electron chi connectivity index (χ2n) is 5.88. The van der Waals surface area contributed by atoms with E-state index in [0.29, 0.717) is 0 Å². The number of aryl methyl sites for hydroxylation is 2. The number of benzene rings is 1. The predicted molar refractivity (Wildman–Crippen MR) is 90.7 cm³/mol. The molecule has 0 aliphatic rings. The highest BCUT2D eigenvalue weighted by atomic mass is 35.5. The summed E-state index contributed by atoms with van der Waals surface area (Å²) in [5.74, 6) is -2.35. The predicted octanol–water partition coefficient (Wildman–Crippen LogP) is 3.95. The van der Waals surface area contributed by atoms with E-state index in [2.05, 4.69) is 10.4 Å². The first-order valence-corrected chi connectivity index (χ1v) is 8.15. The summed E-state index contributed by atoms with van der Waals surface area (Å²) in [4.78, 5) is 24.3. The molecule has 6 nitrogen and oxygen atoms in total. The third kappa shape index (κ3) is 5.40. The van der Waals surface area contributed by atoms with Crippen LogP contribution in [0.3, 0.4) is 0 Å². The average molecular weight is 443 g/mol. The second-order valence-corrected chi connectivity index (χ2v) is 6.28. The first kappa shape index (κ1) is 22.5. The van der Waals surface area contributed by atoms with Crippen molar-refractivity contribution in [3.63, 3.8) is 0 Å². The van der Waals surface area contributed by atoms with Gasteiger partial charge in [0.25, 0.3) is 11.8 Å². The second kappa shape index (κ2) is 7.93. The van der Waals surface area contributed by atoms with Gasteiger partial charge in [-0.05, 0) is 25.1 Å². The summed E-state index contributed by atoms with van der Waals surface area (Å²) in [5, 5.41) is 7.15. The molecule has 0 bridgehead atoms. The Balaban J connectivity index is 2.30. The lowest BCUT2D eigenvalue weighted by molar-refractivity contribution is -0.138. The minimum absolute atomic E-state index is 0.150. The van der Waals surface area contributed by atoms with Crippen LogP contribution in [0.2, 0.25) is 5.02 Å². The molecular formula is C16H13ClF6N4O2. The molecule has 2 amide bonds. The van der Waals surface area contributed by atoms with Crippen molar-refractivity contribution in [2.24, 2.45) is 7.05 Å². The molecule has 0 aliphatic carbocycles. The van der Waals surface area contributed by atoms with Crippen molar-refractivity contribution in [3.8, 4) is 0 Å². The first-order chi connectivity index (χ1) is 13.2. The monoisotopic (exact) mass is 442 g/mol. The summed E-state index contributed by atoms with van der Waals surface area (Å²) in [6.45, 7) is -0.521. The highest BCUT2D eigenvalue weighted by Gasteiger charge is 2.40. The minimum Gasteiger partial charge on any atom is -0.343 e. The van der Waals surface area contributed by atoms with Crippen LogP contribution in [0.1, 0.15) is 32.1 Å². The number of halogens is 7. The van der Waals surface area contributed by atoms with Crippen LogP contribution in [0.15, 0.2) is 18.2 Å². The molecule has 0 saturated carbocycles. The average Bonchev–Trinajstić information content (AvgIpc) is 2.88. The first-order valence-electron chi connectivity index (χ1n) is 7.77. The van der Waals surface area contributed by atoms with E-state index in [-0.39, 0.29) is 10.7 Å². The van der Waals surface area contributed by atoms with Gasteiger partial charge in [0, 0.05) is 12.7 Å². The molecule has 2 rings (SSSR count). The third-order valence-corrected chi connectivity index (χ3v) is 3.97. The highest BCUT2D eigenvalue weighted by molar-refractivity contribution is 6.34. The summed E-state index contributed by atoms with van der Waals surface area (Å²) in [6, 6.07) is 3.23. The summed E-state index contributed by atoms with van der Waals surface area (Å²) in [5.41, 5.74) is -2.95. The van der Waals surface area contributed by atoms with E-state index in [4.69, 9.17) is 11.6 Å². The number of nitrogens with zero attached hydrogens (tertiary/aromatic N) is 2. The molecule has 0 fully saturated rings. The lowest BCUT2D eigenvalue weighted by Crippen LogP contribution is -2.33. The highest BCUT2D eigenvalue weighted by Crippen LogP contribution is 2.34. The number of anilines is 1. The van der Waals surface area contributed by atoms with Gasteiger partial charge in [-0.1, -0.05) is 11.6 Å². The number of rotatable bonds is 4. The van der Waals surface area contributed by atoms with Crippen LogP contribution in [0.5, 0.6) is 0 Å². The van der Waals surface area contributed by atoms with E-state index in [1.54, 1.807) is 5.32 Å². The smallest absolute Gasteiger partial charge is 0.343 e. The SMILES string of the molecule is Cc1nn(C)c(C(=O)Nc2ccc(Cl)c(C(=O)NCC(F)(F)F)c2)c1C(F)(F)F. The van der Waals surface area contributed by atoms with E-state index in [1.807, 2.05) is 0 Å². The van der Waals surface area contributed by atoms with Crippen molar-refractivity contribution in [1.29, 1.82) is 0 Å². The fourth-order valence-electron chi connectivity index (χ4n) is 2.50. The van der Waals surface area contributed by atoms with Gasteiger partial charge in [-0.25, -0.2) is 0 Å². The zero-order valence-corrected chi connectivity index (χ0v) is 15.6. The molecule has 0 radical (unpaired) electrons. The van der Waals surface area contributed by atoms with Crippen LogP contribution < -0.4 is 10.6 Å². The number of carbonyl (C=O) groups is 2. The maximum absolute atomic E-state index is 13.2. The number of hydrogen-bond acceptors (Lipinski definition) is 3. The van der Waals surface area contributed by atoms with Gasteiger partial charge in [0.1, 0.15) is 17.8 Å². The molecule has 1 heterocycles. The fourth-order valence-corrected chi connectivity index (χ4v) is 2.70. The van der Waals surface area contributed by atoms with Gasteiger partial charge in [-0.15, -0.1) is 0 Å². The van der Waals surface area contributed by atoms with Crippen molar-refractivity contribution in [1.82, 2.24) is 15.1 Å². The molecule has 1 aromatic heterocycles. The van der Waals surface area contributed by atoms with E-state index in [1.165, 1.54) is 6.07 Å². The van der Waals surface area contributed by atoms with E-state index >= 15 is 0 Å². The largest absolute Gasteiger partial charge is 0.420 e. The Morgan fingerprint density at radius 1 is 1.14 bits per heavy atom. The van der Waals surface area contributed by atoms with Gasteiger partial charge in [-0.3, -0.25) is 14.3 Å². The molecular weight excluding hydrogens is 430 g/mol. The number of carbonyl (C=O) groups excluding carboxylic acids is 2. The van der Waals surface area contributed by atoms with Gasteiger partial charge in [-0.2, -0.15) is 31.4 Å². The van der Waals surface area contributed by atoms with Crippen molar-refractivity contribution < 1.29 is 35.9 Å². The van der Waals surface area contributed by atoms with Crippen LogP contribution in [-0.4, -0.2) is 34.3 Å². The summed E-state index contributed by atoms with van der Waals surface area (Å²) in [6.07, 6.45) is -9.49. The van der Waals surface area contributed by atoms with Gasteiger partial charge in [0.2, 0.25) is 0 Å². The summed E-state index contributed by atoms with van der Waals surface area (Å²) >= 11 is 5.79. The zero-order valence-electron chi connectivity index (χ0n) is 14.8. The molecule has 1 aromatic carbocycles. The van der Waals surface area contributed by atoms with Crippen LogP contribution >= 0.6 is 11.6 Å². The van der Waals surface area contributed by atoms with Crippen molar-refractivity contribution in [2.45, 2.75) is 19.3 Å². The number of hydrogen-bond donors (Lipinski definition) is 2. The van der Waals surface area contributed by atoms with Crippen molar-refractivity contribution in [2.75, 3.05) is 11.9 Å². The zero-order chi connectivity index (χ0) is 22.1. The van der Waals surface area contributed by atoms with Crippen LogP contribution in [-0.2, 0) is 13.2 Å². The van der Waals surface area contributed by atoms with Crippen LogP contribution in [0.25, 0.3) is 0 Å². The van der Waals surface area contributed by atoms with Crippen molar-refractivity contribution in [3.05, 3.63) is 45.7 Å². The van der Waals surface area contributed by atoms with Gasteiger partial charge in [0.15, 0.2) is 0 Å². The van der Waals surface area contributed by atoms with Gasteiger partial charge < -0.3 is 10.6 Å². The molecule has 0 aliphatic heterocycles. The fraction of sp³-hybridized carbons (Fsp3) is 0.312. The van der Waals surface area contributed by atoms with Crippen molar-refractivity contribution >= 4 is 29.1 Å². The molecule has 0 atom stereocenters. The quantitative estimate of drug-likeness (QED) is 0.704. The van der Waals surface area contributed by atoms with E-state index < -0.39 is 53.2 Å². The van der Waals surface area contributed by atoms with Gasteiger partial charge >= 0.3 is 12.4 Å².